The fourth-order valence-corrected chi connectivity index (χ4v) is 2.09. The predicted molar refractivity (Wildman–Crippen MR) is 66.5 cm³/mol. The third-order valence-corrected chi connectivity index (χ3v) is 2.94. The molecule has 0 saturated carbocycles. The van der Waals surface area contributed by atoms with Crippen LogP contribution < -0.4 is 4.74 Å². The standard InChI is InChI=1S/C12H18N4O2/c1-5-16-11(10(18-4)7-13-16)12(17)9-6-8(2)14-15(9)3/h6-7,12,17H,5H2,1-4H3. The van der Waals surface area contributed by atoms with Crippen LogP contribution >= 0.6 is 0 Å². The van der Waals surface area contributed by atoms with Crippen molar-refractivity contribution in [2.45, 2.75) is 26.5 Å². The summed E-state index contributed by atoms with van der Waals surface area (Å²) in [5, 5.41) is 18.9. The Kier molecular flexibility index (Phi) is 3.38. The Labute approximate surface area is 106 Å². The van der Waals surface area contributed by atoms with Crippen LogP contribution in [0.15, 0.2) is 12.3 Å². The van der Waals surface area contributed by atoms with Gasteiger partial charge in [0.25, 0.3) is 0 Å². The molecule has 1 N–H and O–H groups in total. The molecule has 0 fully saturated rings. The highest BCUT2D eigenvalue weighted by atomic mass is 16.5. The maximum absolute atomic E-state index is 10.5. The molecule has 2 rings (SSSR count). The number of methoxy groups -OCH3 is 1. The first-order valence-corrected chi connectivity index (χ1v) is 5.86. The van der Waals surface area contributed by atoms with Crippen molar-refractivity contribution in [2.24, 2.45) is 7.05 Å². The van der Waals surface area contributed by atoms with Crippen LogP contribution in [0.1, 0.15) is 30.1 Å². The molecule has 1 atom stereocenters. The lowest BCUT2D eigenvalue weighted by Gasteiger charge is -2.14. The Morgan fingerprint density at radius 2 is 2.22 bits per heavy atom. The molecule has 0 aliphatic heterocycles. The van der Waals surface area contributed by atoms with Crippen molar-refractivity contribution in [3.05, 3.63) is 29.3 Å². The van der Waals surface area contributed by atoms with Gasteiger partial charge >= 0.3 is 0 Å². The number of aryl methyl sites for hydroxylation is 3. The van der Waals surface area contributed by atoms with Gasteiger partial charge in [-0.05, 0) is 19.9 Å². The van der Waals surface area contributed by atoms with E-state index in [-0.39, 0.29) is 0 Å². The zero-order valence-corrected chi connectivity index (χ0v) is 11.1. The minimum absolute atomic E-state index is 0.586. The van der Waals surface area contributed by atoms with E-state index < -0.39 is 6.10 Å². The summed E-state index contributed by atoms with van der Waals surface area (Å²) in [6.07, 6.45) is 0.819. The molecule has 18 heavy (non-hydrogen) atoms. The SMILES string of the molecule is CCn1ncc(OC)c1C(O)c1cc(C)nn1C. The summed E-state index contributed by atoms with van der Waals surface area (Å²) in [5.74, 6) is 0.586. The van der Waals surface area contributed by atoms with Gasteiger partial charge in [-0.1, -0.05) is 0 Å². The molecule has 0 saturated heterocycles. The smallest absolute Gasteiger partial charge is 0.163 e. The first kappa shape index (κ1) is 12.6. The second-order valence-corrected chi connectivity index (χ2v) is 4.15. The molecule has 0 spiro atoms. The molecule has 0 bridgehead atoms. The van der Waals surface area contributed by atoms with Gasteiger partial charge < -0.3 is 9.84 Å². The topological polar surface area (TPSA) is 65.1 Å². The molecule has 98 valence electrons. The van der Waals surface area contributed by atoms with Gasteiger partial charge in [-0.15, -0.1) is 0 Å². The van der Waals surface area contributed by atoms with Gasteiger partial charge in [0.15, 0.2) is 5.75 Å². The van der Waals surface area contributed by atoms with Crippen molar-refractivity contribution in [1.29, 1.82) is 0 Å². The normalized spacial score (nSPS) is 12.7. The molecule has 0 aliphatic rings. The van der Waals surface area contributed by atoms with Crippen molar-refractivity contribution in [3.63, 3.8) is 0 Å². The third kappa shape index (κ3) is 1.99. The van der Waals surface area contributed by atoms with Gasteiger partial charge in [-0.3, -0.25) is 9.36 Å². The zero-order chi connectivity index (χ0) is 13.3. The van der Waals surface area contributed by atoms with Crippen LogP contribution in [-0.2, 0) is 13.6 Å². The molecule has 2 aromatic heterocycles. The van der Waals surface area contributed by atoms with Crippen LogP contribution in [0.3, 0.4) is 0 Å². The van der Waals surface area contributed by atoms with E-state index in [2.05, 4.69) is 10.2 Å². The molecule has 0 amide bonds. The summed E-state index contributed by atoms with van der Waals surface area (Å²) in [6.45, 7) is 4.54. The molecule has 0 radical (unpaired) electrons. The van der Waals surface area contributed by atoms with E-state index >= 15 is 0 Å². The van der Waals surface area contributed by atoms with Crippen molar-refractivity contribution in [2.75, 3.05) is 7.11 Å². The summed E-state index contributed by atoms with van der Waals surface area (Å²) >= 11 is 0. The summed E-state index contributed by atoms with van der Waals surface area (Å²) in [6, 6.07) is 1.86. The van der Waals surface area contributed by atoms with Gasteiger partial charge in [0.05, 0.1) is 24.7 Å². The van der Waals surface area contributed by atoms with Gasteiger partial charge in [0.2, 0.25) is 0 Å². The first-order chi connectivity index (χ1) is 8.58. The van der Waals surface area contributed by atoms with Gasteiger partial charge in [0, 0.05) is 13.6 Å². The van der Waals surface area contributed by atoms with Gasteiger partial charge in [-0.25, -0.2) is 0 Å². The van der Waals surface area contributed by atoms with Gasteiger partial charge in [-0.2, -0.15) is 10.2 Å². The lowest BCUT2D eigenvalue weighted by Crippen LogP contribution is -2.13. The van der Waals surface area contributed by atoms with E-state index in [9.17, 15) is 5.11 Å². The molecular formula is C12H18N4O2. The zero-order valence-electron chi connectivity index (χ0n) is 11.1. The fraction of sp³-hybridized carbons (Fsp3) is 0.500. The van der Waals surface area contributed by atoms with Crippen molar-refractivity contribution >= 4 is 0 Å². The van der Waals surface area contributed by atoms with E-state index in [0.29, 0.717) is 18.0 Å². The molecule has 0 aromatic carbocycles. The summed E-state index contributed by atoms with van der Waals surface area (Å²) in [5.41, 5.74) is 2.25. The molecule has 2 heterocycles. The highest BCUT2D eigenvalue weighted by molar-refractivity contribution is 5.33. The highest BCUT2D eigenvalue weighted by Crippen LogP contribution is 2.29. The van der Waals surface area contributed by atoms with Crippen LogP contribution in [0.2, 0.25) is 0 Å². The minimum Gasteiger partial charge on any atom is -0.493 e. The number of hydrogen-bond acceptors (Lipinski definition) is 4. The Morgan fingerprint density at radius 1 is 1.50 bits per heavy atom. The van der Waals surface area contributed by atoms with Crippen LogP contribution in [0.25, 0.3) is 0 Å². The Morgan fingerprint density at radius 3 is 2.72 bits per heavy atom. The largest absolute Gasteiger partial charge is 0.493 e. The summed E-state index contributed by atoms with van der Waals surface area (Å²) in [4.78, 5) is 0. The lowest BCUT2D eigenvalue weighted by atomic mass is 10.1. The van der Waals surface area contributed by atoms with Gasteiger partial charge in [0.1, 0.15) is 11.8 Å². The molecule has 6 nitrogen and oxygen atoms in total. The minimum atomic E-state index is -0.798. The average Bonchev–Trinajstić information content (AvgIpc) is 2.90. The van der Waals surface area contributed by atoms with E-state index in [4.69, 9.17) is 4.74 Å². The molecule has 6 heteroatoms. The first-order valence-electron chi connectivity index (χ1n) is 5.86. The Bertz CT molecular complexity index is 523. The second-order valence-electron chi connectivity index (χ2n) is 4.15. The van der Waals surface area contributed by atoms with Crippen LogP contribution in [0.5, 0.6) is 5.75 Å². The number of aliphatic hydroxyl groups excluding tert-OH is 1. The number of hydrogen-bond donors (Lipinski definition) is 1. The molecule has 2 aromatic rings. The lowest BCUT2D eigenvalue weighted by molar-refractivity contribution is 0.193. The van der Waals surface area contributed by atoms with E-state index in [1.54, 1.807) is 22.7 Å². The number of aromatic nitrogens is 4. The maximum atomic E-state index is 10.5. The number of ether oxygens (including phenoxy) is 1. The number of aliphatic hydroxyl groups is 1. The second kappa shape index (κ2) is 4.81. The van der Waals surface area contributed by atoms with Crippen molar-refractivity contribution in [1.82, 2.24) is 19.6 Å². The average molecular weight is 250 g/mol. The van der Waals surface area contributed by atoms with E-state index in [1.165, 1.54) is 0 Å². The number of rotatable bonds is 4. The van der Waals surface area contributed by atoms with Crippen LogP contribution in [0.4, 0.5) is 0 Å². The monoisotopic (exact) mass is 250 g/mol. The van der Waals surface area contributed by atoms with Crippen LogP contribution in [0, 0.1) is 6.92 Å². The molecular weight excluding hydrogens is 232 g/mol. The maximum Gasteiger partial charge on any atom is 0.163 e. The quantitative estimate of drug-likeness (QED) is 0.880. The van der Waals surface area contributed by atoms with E-state index in [1.807, 2.05) is 27.0 Å². The molecule has 1 unspecified atom stereocenters. The predicted octanol–water partition coefficient (Wildman–Crippen LogP) is 1.04. The van der Waals surface area contributed by atoms with E-state index in [0.717, 1.165) is 11.4 Å². The third-order valence-electron chi connectivity index (χ3n) is 2.94. The van der Waals surface area contributed by atoms with Crippen molar-refractivity contribution in [3.8, 4) is 5.75 Å². The number of nitrogens with zero attached hydrogens (tertiary/aromatic N) is 4. The van der Waals surface area contributed by atoms with Crippen molar-refractivity contribution < 1.29 is 9.84 Å². The fourth-order valence-electron chi connectivity index (χ4n) is 2.09. The Balaban J connectivity index is 2.47. The van der Waals surface area contributed by atoms with Crippen LogP contribution in [-0.4, -0.2) is 31.8 Å². The summed E-state index contributed by atoms with van der Waals surface area (Å²) in [7, 11) is 3.38. The Hall–Kier alpha value is -1.82. The highest BCUT2D eigenvalue weighted by Gasteiger charge is 2.23. The molecule has 0 aliphatic carbocycles. The summed E-state index contributed by atoms with van der Waals surface area (Å²) < 4.78 is 8.65.